The summed E-state index contributed by atoms with van der Waals surface area (Å²) in [5, 5.41) is 37.0. The molecular formula is C9H12BNO5. The molecule has 0 aliphatic carbocycles. The van der Waals surface area contributed by atoms with Crippen molar-refractivity contribution >= 4 is 13.8 Å². The van der Waals surface area contributed by atoms with Crippen molar-refractivity contribution in [1.82, 2.24) is 0 Å². The molecule has 0 saturated carbocycles. The summed E-state index contributed by atoms with van der Waals surface area (Å²) in [7, 11) is 1.22. The largest absolute Gasteiger partial charge is 0.504 e. The minimum atomic E-state index is -1.84. The first kappa shape index (κ1) is 12.3. The van der Waals surface area contributed by atoms with Crippen LogP contribution in [0.4, 0.5) is 0 Å². The summed E-state index contributed by atoms with van der Waals surface area (Å²) in [6.45, 7) is 0. The van der Waals surface area contributed by atoms with E-state index in [1.807, 2.05) is 0 Å². The molecule has 16 heavy (non-hydrogen) atoms. The Morgan fingerprint density at radius 2 is 1.94 bits per heavy atom. The molecule has 0 aliphatic rings. The normalized spacial score (nSPS) is 16.4. The Labute approximate surface area is 92.4 Å². The van der Waals surface area contributed by atoms with Crippen LogP contribution in [-0.4, -0.2) is 40.3 Å². The Hall–Kier alpha value is -1.73. The third kappa shape index (κ3) is 2.10. The topological polar surface area (TPSA) is 124 Å². The van der Waals surface area contributed by atoms with Gasteiger partial charge in [-0.2, -0.15) is 0 Å². The van der Waals surface area contributed by atoms with Gasteiger partial charge in [0.1, 0.15) is 6.04 Å². The average Bonchev–Trinajstić information content (AvgIpc) is 2.20. The molecule has 0 bridgehead atoms. The Morgan fingerprint density at radius 3 is 2.38 bits per heavy atom. The third-order valence-electron chi connectivity index (χ3n) is 2.43. The van der Waals surface area contributed by atoms with Gasteiger partial charge in [-0.25, -0.2) is 0 Å². The molecular weight excluding hydrogens is 213 g/mol. The first-order valence-electron chi connectivity index (χ1n) is 4.50. The van der Waals surface area contributed by atoms with Crippen LogP contribution in [0.5, 0.6) is 11.5 Å². The van der Waals surface area contributed by atoms with Gasteiger partial charge < -0.3 is 26.2 Å². The number of aliphatic hydroxyl groups is 1. The fourth-order valence-corrected chi connectivity index (χ4v) is 1.26. The molecule has 0 unspecified atom stereocenters. The summed E-state index contributed by atoms with van der Waals surface area (Å²) >= 11 is 0. The van der Waals surface area contributed by atoms with E-state index in [0.29, 0.717) is 0 Å². The van der Waals surface area contributed by atoms with E-state index in [0.717, 1.165) is 12.1 Å². The summed E-state index contributed by atoms with van der Waals surface area (Å²) in [6.07, 6.45) is 0. The fraction of sp³-hybridized carbons (Fsp3) is 0.222. The predicted molar refractivity (Wildman–Crippen MR) is 57.8 cm³/mol. The first-order chi connectivity index (χ1) is 7.26. The van der Waals surface area contributed by atoms with Crippen LogP contribution in [0, 0.1) is 0 Å². The molecule has 7 heteroatoms. The summed E-state index contributed by atoms with van der Waals surface area (Å²) in [5.74, 6) is -2.17. The number of carboxylic acid groups (broad SMARTS) is 1. The van der Waals surface area contributed by atoms with Crippen LogP contribution in [0.1, 0.15) is 5.56 Å². The molecule has 0 heterocycles. The van der Waals surface area contributed by atoms with Gasteiger partial charge in [0.2, 0.25) is 0 Å². The van der Waals surface area contributed by atoms with Crippen molar-refractivity contribution in [2.24, 2.45) is 5.73 Å². The number of nitrogens with two attached hydrogens (primary N) is 1. The van der Waals surface area contributed by atoms with Crippen LogP contribution in [-0.2, 0) is 10.3 Å². The van der Waals surface area contributed by atoms with Crippen molar-refractivity contribution < 1.29 is 25.2 Å². The summed E-state index contributed by atoms with van der Waals surface area (Å²) < 4.78 is 0. The highest BCUT2D eigenvalue weighted by Crippen LogP contribution is 2.30. The van der Waals surface area contributed by atoms with Crippen LogP contribution in [0.2, 0.25) is 0 Å². The van der Waals surface area contributed by atoms with E-state index in [1.54, 1.807) is 0 Å². The van der Waals surface area contributed by atoms with Crippen molar-refractivity contribution in [1.29, 1.82) is 0 Å². The van der Waals surface area contributed by atoms with Gasteiger partial charge >= 0.3 is 5.97 Å². The molecule has 0 aromatic heterocycles. The maximum Gasteiger partial charge on any atom is 0.323 e. The molecule has 0 amide bonds. The van der Waals surface area contributed by atoms with Crippen molar-refractivity contribution in [3.8, 4) is 11.5 Å². The molecule has 6 nitrogen and oxygen atoms in total. The number of hydrogen-bond acceptors (Lipinski definition) is 5. The number of benzene rings is 1. The highest BCUT2D eigenvalue weighted by Gasteiger charge is 2.36. The lowest BCUT2D eigenvalue weighted by Gasteiger charge is -2.28. The number of aliphatic carboxylic acids is 1. The maximum absolute atomic E-state index is 10.7. The second-order valence-electron chi connectivity index (χ2n) is 3.67. The molecule has 2 atom stereocenters. The van der Waals surface area contributed by atoms with Gasteiger partial charge in [0.25, 0.3) is 0 Å². The monoisotopic (exact) mass is 225 g/mol. The molecule has 0 radical (unpaired) electrons. The van der Waals surface area contributed by atoms with E-state index in [4.69, 9.17) is 15.9 Å². The Kier molecular flexibility index (Phi) is 3.11. The van der Waals surface area contributed by atoms with Gasteiger partial charge in [0.05, 0.1) is 5.50 Å². The van der Waals surface area contributed by atoms with E-state index in [9.17, 15) is 15.0 Å². The quantitative estimate of drug-likeness (QED) is 0.308. The lowest BCUT2D eigenvalue weighted by atomic mass is 9.70. The molecule has 1 rings (SSSR count). The third-order valence-corrected chi connectivity index (χ3v) is 2.43. The van der Waals surface area contributed by atoms with Gasteiger partial charge in [0, 0.05) is 0 Å². The first-order valence-corrected chi connectivity index (χ1v) is 4.50. The van der Waals surface area contributed by atoms with Gasteiger partial charge in [0.15, 0.2) is 19.3 Å². The number of carbonyl (C=O) groups is 1. The summed E-state index contributed by atoms with van der Waals surface area (Å²) in [4.78, 5) is 10.7. The van der Waals surface area contributed by atoms with Crippen LogP contribution in [0.3, 0.4) is 0 Å². The van der Waals surface area contributed by atoms with Gasteiger partial charge in [-0.15, -0.1) is 0 Å². The van der Waals surface area contributed by atoms with E-state index < -0.39 is 23.3 Å². The van der Waals surface area contributed by atoms with Gasteiger partial charge in [-0.05, 0) is 17.7 Å². The van der Waals surface area contributed by atoms with Crippen molar-refractivity contribution in [2.45, 2.75) is 11.5 Å². The van der Waals surface area contributed by atoms with Gasteiger partial charge in [-0.3, -0.25) is 4.79 Å². The SMILES string of the molecule is B[C@@](O)(c1ccc(O)c(O)c1)[C@H](N)C(=O)O. The zero-order chi connectivity index (χ0) is 12.5. The molecule has 86 valence electrons. The molecule has 6 N–H and O–H groups in total. The highest BCUT2D eigenvalue weighted by atomic mass is 16.4. The summed E-state index contributed by atoms with van der Waals surface area (Å²) in [5.41, 5.74) is 3.59. The number of carboxylic acids is 1. The zero-order valence-corrected chi connectivity index (χ0v) is 8.58. The Bertz CT molecular complexity index is 420. The molecule has 0 fully saturated rings. The zero-order valence-electron chi connectivity index (χ0n) is 8.58. The molecule has 1 aromatic rings. The lowest BCUT2D eigenvalue weighted by Crippen LogP contribution is -2.51. The minimum absolute atomic E-state index is 0.109. The lowest BCUT2D eigenvalue weighted by molar-refractivity contribution is -0.142. The second-order valence-corrected chi connectivity index (χ2v) is 3.67. The number of hydrogen-bond donors (Lipinski definition) is 5. The van der Waals surface area contributed by atoms with Crippen molar-refractivity contribution in [2.75, 3.05) is 0 Å². The van der Waals surface area contributed by atoms with E-state index in [2.05, 4.69) is 0 Å². The highest BCUT2D eigenvalue weighted by molar-refractivity contribution is 6.17. The van der Waals surface area contributed by atoms with E-state index >= 15 is 0 Å². The van der Waals surface area contributed by atoms with Crippen LogP contribution >= 0.6 is 0 Å². The molecule has 0 aliphatic heterocycles. The van der Waals surface area contributed by atoms with Crippen LogP contribution < -0.4 is 5.73 Å². The molecule has 0 spiro atoms. The predicted octanol–water partition coefficient (Wildman–Crippen LogP) is -1.71. The summed E-state index contributed by atoms with van der Waals surface area (Å²) in [6, 6.07) is 1.97. The fourth-order valence-electron chi connectivity index (χ4n) is 1.26. The second kappa shape index (κ2) is 4.03. The number of rotatable bonds is 3. The van der Waals surface area contributed by atoms with Gasteiger partial charge in [-0.1, -0.05) is 6.07 Å². The van der Waals surface area contributed by atoms with Crippen molar-refractivity contribution in [3.05, 3.63) is 23.8 Å². The number of phenols is 2. The Balaban J connectivity index is 3.16. The smallest absolute Gasteiger partial charge is 0.323 e. The van der Waals surface area contributed by atoms with Crippen LogP contribution in [0.25, 0.3) is 0 Å². The molecule has 1 aromatic carbocycles. The molecule has 0 saturated heterocycles. The van der Waals surface area contributed by atoms with E-state index in [1.165, 1.54) is 13.9 Å². The number of phenolic OH excluding ortho intramolecular Hbond substituents is 2. The van der Waals surface area contributed by atoms with Crippen molar-refractivity contribution in [3.63, 3.8) is 0 Å². The minimum Gasteiger partial charge on any atom is -0.504 e. The standard InChI is InChI=1S/C9H12BNO5/c10-9(16,7(11)8(14)15)4-1-2-5(12)6(13)3-4/h1-3,7,12-13,16H,10-11H2,(H,14,15)/t7-,9-/m1/s1. The Morgan fingerprint density at radius 1 is 1.38 bits per heavy atom. The maximum atomic E-state index is 10.7. The number of aromatic hydroxyl groups is 2. The van der Waals surface area contributed by atoms with Crippen LogP contribution in [0.15, 0.2) is 18.2 Å². The van der Waals surface area contributed by atoms with E-state index in [-0.39, 0.29) is 11.3 Å². The average molecular weight is 225 g/mol.